The Kier molecular flexibility index (Phi) is 5.26. The summed E-state index contributed by atoms with van der Waals surface area (Å²) in [6.45, 7) is 1.77. The molecule has 134 valence electrons. The number of aromatic carboxylic acids is 1. The zero-order valence-electron chi connectivity index (χ0n) is 14.2. The van der Waals surface area contributed by atoms with Crippen LogP contribution in [0.4, 0.5) is 0 Å². The summed E-state index contributed by atoms with van der Waals surface area (Å²) in [5.74, 6) is -1.27. The van der Waals surface area contributed by atoms with Crippen LogP contribution in [0.1, 0.15) is 26.3 Å². The number of piperazine rings is 1. The molecule has 3 rings (SSSR count). The fourth-order valence-corrected chi connectivity index (χ4v) is 2.92. The molecule has 0 saturated carbocycles. The standard InChI is InChI=1S/C19H19N3O4/c23-17(11-14-3-2-6-20-13-14)21-7-9-22(10-8-21)18(24)15-4-1-5-16(12-15)19(25)26/h1-6,12-13H,7-11H2,(H,25,26). The number of hydrogen-bond donors (Lipinski definition) is 1. The predicted molar refractivity (Wildman–Crippen MR) is 93.8 cm³/mol. The minimum Gasteiger partial charge on any atom is -0.478 e. The highest BCUT2D eigenvalue weighted by Gasteiger charge is 2.25. The van der Waals surface area contributed by atoms with E-state index in [1.54, 1.807) is 40.4 Å². The Morgan fingerprint density at radius 1 is 0.962 bits per heavy atom. The normalized spacial score (nSPS) is 14.2. The molecule has 2 heterocycles. The molecular weight excluding hydrogens is 334 g/mol. The van der Waals surface area contributed by atoms with E-state index in [2.05, 4.69) is 4.98 Å². The van der Waals surface area contributed by atoms with Gasteiger partial charge in [-0.2, -0.15) is 0 Å². The first-order chi connectivity index (χ1) is 12.5. The molecule has 1 saturated heterocycles. The van der Waals surface area contributed by atoms with Crippen molar-refractivity contribution in [3.05, 3.63) is 65.5 Å². The number of hydrogen-bond acceptors (Lipinski definition) is 4. The number of benzene rings is 1. The molecule has 0 bridgehead atoms. The van der Waals surface area contributed by atoms with Crippen LogP contribution in [0, 0.1) is 0 Å². The Labute approximate surface area is 150 Å². The van der Waals surface area contributed by atoms with Gasteiger partial charge in [0.2, 0.25) is 5.91 Å². The molecule has 1 fully saturated rings. The third-order valence-electron chi connectivity index (χ3n) is 4.35. The third-order valence-corrected chi connectivity index (χ3v) is 4.35. The van der Waals surface area contributed by atoms with E-state index in [1.807, 2.05) is 6.07 Å². The smallest absolute Gasteiger partial charge is 0.335 e. The maximum Gasteiger partial charge on any atom is 0.335 e. The molecule has 1 aliphatic heterocycles. The lowest BCUT2D eigenvalue weighted by atomic mass is 10.1. The summed E-state index contributed by atoms with van der Waals surface area (Å²) in [7, 11) is 0. The van der Waals surface area contributed by atoms with Crippen LogP contribution >= 0.6 is 0 Å². The van der Waals surface area contributed by atoms with Crippen LogP contribution in [-0.4, -0.2) is 63.9 Å². The number of pyridine rings is 1. The van der Waals surface area contributed by atoms with Gasteiger partial charge in [-0.25, -0.2) is 4.79 Å². The number of nitrogens with zero attached hydrogens (tertiary/aromatic N) is 3. The van der Waals surface area contributed by atoms with E-state index in [0.717, 1.165) is 5.56 Å². The van der Waals surface area contributed by atoms with Crippen LogP contribution in [0.2, 0.25) is 0 Å². The van der Waals surface area contributed by atoms with Gasteiger partial charge in [0.05, 0.1) is 12.0 Å². The summed E-state index contributed by atoms with van der Waals surface area (Å²) < 4.78 is 0. The molecule has 26 heavy (non-hydrogen) atoms. The minimum absolute atomic E-state index is 0.0120. The average Bonchev–Trinajstić information content (AvgIpc) is 2.68. The molecule has 1 aromatic carbocycles. The van der Waals surface area contributed by atoms with Gasteiger partial charge >= 0.3 is 5.97 Å². The number of amides is 2. The maximum atomic E-state index is 12.6. The van der Waals surface area contributed by atoms with Gasteiger partial charge in [0.1, 0.15) is 0 Å². The summed E-state index contributed by atoms with van der Waals surface area (Å²) in [5, 5.41) is 9.04. The molecule has 0 atom stereocenters. The first-order valence-corrected chi connectivity index (χ1v) is 8.34. The van der Waals surface area contributed by atoms with Crippen molar-refractivity contribution < 1.29 is 19.5 Å². The quantitative estimate of drug-likeness (QED) is 0.895. The second kappa shape index (κ2) is 7.77. The highest BCUT2D eigenvalue weighted by molar-refractivity contribution is 5.97. The molecule has 7 nitrogen and oxygen atoms in total. The highest BCUT2D eigenvalue weighted by atomic mass is 16.4. The summed E-state index contributed by atoms with van der Waals surface area (Å²) in [5.41, 5.74) is 1.29. The van der Waals surface area contributed by atoms with Gasteiger partial charge in [-0.3, -0.25) is 14.6 Å². The van der Waals surface area contributed by atoms with Crippen LogP contribution in [-0.2, 0) is 11.2 Å². The summed E-state index contributed by atoms with van der Waals surface area (Å²) in [4.78, 5) is 43.4. The number of rotatable bonds is 4. The molecule has 0 spiro atoms. The Morgan fingerprint density at radius 3 is 2.31 bits per heavy atom. The Hall–Kier alpha value is -3.22. The molecule has 1 N–H and O–H groups in total. The van der Waals surface area contributed by atoms with Gasteiger partial charge < -0.3 is 14.9 Å². The van der Waals surface area contributed by atoms with Crippen LogP contribution in [0.5, 0.6) is 0 Å². The molecule has 1 aliphatic rings. The van der Waals surface area contributed by atoms with Crippen molar-refractivity contribution in [1.29, 1.82) is 0 Å². The SMILES string of the molecule is O=C(O)c1cccc(C(=O)N2CCN(C(=O)Cc3cccnc3)CC2)c1. The van der Waals surface area contributed by atoms with E-state index in [4.69, 9.17) is 5.11 Å². The Bertz CT molecular complexity index is 815. The monoisotopic (exact) mass is 353 g/mol. The van der Waals surface area contributed by atoms with Crippen LogP contribution < -0.4 is 0 Å². The van der Waals surface area contributed by atoms with Crippen molar-refractivity contribution in [3.8, 4) is 0 Å². The molecule has 2 amide bonds. The molecule has 1 aromatic heterocycles. The number of carboxylic acid groups (broad SMARTS) is 1. The van der Waals surface area contributed by atoms with E-state index in [0.29, 0.717) is 38.2 Å². The fraction of sp³-hybridized carbons (Fsp3) is 0.263. The molecule has 2 aromatic rings. The van der Waals surface area contributed by atoms with E-state index >= 15 is 0 Å². The summed E-state index contributed by atoms with van der Waals surface area (Å²) in [6.07, 6.45) is 3.63. The second-order valence-electron chi connectivity index (χ2n) is 6.10. The Morgan fingerprint density at radius 2 is 1.65 bits per heavy atom. The van der Waals surface area contributed by atoms with Gasteiger partial charge in [0.25, 0.3) is 5.91 Å². The molecule has 0 aliphatic carbocycles. The lowest BCUT2D eigenvalue weighted by Gasteiger charge is -2.35. The predicted octanol–water partition coefficient (Wildman–Crippen LogP) is 1.31. The summed E-state index contributed by atoms with van der Waals surface area (Å²) in [6, 6.07) is 9.66. The van der Waals surface area contributed by atoms with E-state index in [9.17, 15) is 14.4 Å². The molecule has 7 heteroatoms. The molecule has 0 unspecified atom stereocenters. The summed E-state index contributed by atoms with van der Waals surface area (Å²) >= 11 is 0. The van der Waals surface area contributed by atoms with Gasteiger partial charge in [0, 0.05) is 44.1 Å². The first kappa shape index (κ1) is 17.6. The first-order valence-electron chi connectivity index (χ1n) is 8.34. The largest absolute Gasteiger partial charge is 0.478 e. The van der Waals surface area contributed by atoms with Crippen LogP contribution in [0.25, 0.3) is 0 Å². The van der Waals surface area contributed by atoms with E-state index in [-0.39, 0.29) is 17.4 Å². The van der Waals surface area contributed by atoms with Gasteiger partial charge in [-0.1, -0.05) is 12.1 Å². The van der Waals surface area contributed by atoms with Crippen molar-refractivity contribution >= 4 is 17.8 Å². The second-order valence-corrected chi connectivity index (χ2v) is 6.10. The Balaban J connectivity index is 1.58. The van der Waals surface area contributed by atoms with Gasteiger partial charge in [-0.15, -0.1) is 0 Å². The minimum atomic E-state index is -1.06. The van der Waals surface area contributed by atoms with Crippen molar-refractivity contribution in [2.45, 2.75) is 6.42 Å². The van der Waals surface area contributed by atoms with Crippen molar-refractivity contribution in [3.63, 3.8) is 0 Å². The number of aromatic nitrogens is 1. The highest BCUT2D eigenvalue weighted by Crippen LogP contribution is 2.12. The fourth-order valence-electron chi connectivity index (χ4n) is 2.92. The lowest BCUT2D eigenvalue weighted by molar-refractivity contribution is -0.131. The van der Waals surface area contributed by atoms with Crippen molar-refractivity contribution in [1.82, 2.24) is 14.8 Å². The van der Waals surface area contributed by atoms with E-state index < -0.39 is 5.97 Å². The molecule has 0 radical (unpaired) electrons. The van der Waals surface area contributed by atoms with Crippen molar-refractivity contribution in [2.24, 2.45) is 0 Å². The van der Waals surface area contributed by atoms with Gasteiger partial charge in [0.15, 0.2) is 0 Å². The maximum absolute atomic E-state index is 12.6. The third kappa shape index (κ3) is 4.05. The number of carboxylic acids is 1. The zero-order chi connectivity index (χ0) is 18.5. The van der Waals surface area contributed by atoms with Crippen LogP contribution in [0.15, 0.2) is 48.8 Å². The lowest BCUT2D eigenvalue weighted by Crippen LogP contribution is -2.51. The topological polar surface area (TPSA) is 90.8 Å². The van der Waals surface area contributed by atoms with Gasteiger partial charge in [-0.05, 0) is 29.8 Å². The molecular formula is C19H19N3O4. The number of carbonyl (C=O) groups excluding carboxylic acids is 2. The average molecular weight is 353 g/mol. The zero-order valence-corrected chi connectivity index (χ0v) is 14.2. The van der Waals surface area contributed by atoms with E-state index in [1.165, 1.54) is 12.1 Å². The number of carbonyl (C=O) groups is 3. The van der Waals surface area contributed by atoms with Crippen LogP contribution in [0.3, 0.4) is 0 Å². The van der Waals surface area contributed by atoms with Crippen molar-refractivity contribution in [2.75, 3.05) is 26.2 Å².